The standard InChI is InChI=1S/C11H20ClN3O2S2/c1-14(6-4-8-18-2)19(16,17)11-9-13-15(10-11)7-3-5-12/h9-10H,3-8H2,1-2H3. The number of halogens is 1. The molecule has 0 N–H and O–H groups in total. The number of aromatic nitrogens is 2. The molecule has 0 aliphatic heterocycles. The van der Waals surface area contributed by atoms with Gasteiger partial charge in [-0.25, -0.2) is 12.7 Å². The van der Waals surface area contributed by atoms with Crippen molar-refractivity contribution in [1.29, 1.82) is 0 Å². The maximum atomic E-state index is 12.3. The Morgan fingerprint density at radius 1 is 1.47 bits per heavy atom. The average Bonchev–Trinajstić information content (AvgIpc) is 2.85. The summed E-state index contributed by atoms with van der Waals surface area (Å²) in [5.41, 5.74) is 0. The molecule has 0 amide bonds. The number of hydrogen-bond donors (Lipinski definition) is 0. The van der Waals surface area contributed by atoms with E-state index in [1.54, 1.807) is 29.7 Å². The number of aryl methyl sites for hydroxylation is 1. The lowest BCUT2D eigenvalue weighted by Crippen LogP contribution is -2.28. The van der Waals surface area contributed by atoms with E-state index in [0.29, 0.717) is 19.0 Å². The molecule has 5 nitrogen and oxygen atoms in total. The molecule has 1 heterocycles. The third-order valence-corrected chi connectivity index (χ3v) is 5.43. The Hall–Kier alpha value is -0.240. The van der Waals surface area contributed by atoms with Gasteiger partial charge in [0.15, 0.2) is 0 Å². The first-order valence-corrected chi connectivity index (χ1v) is 9.43. The van der Waals surface area contributed by atoms with E-state index in [4.69, 9.17) is 11.6 Å². The SMILES string of the molecule is CSCCCN(C)S(=O)(=O)c1cnn(CCCCl)c1. The summed E-state index contributed by atoms with van der Waals surface area (Å²) in [7, 11) is -1.81. The molecule has 0 bridgehead atoms. The van der Waals surface area contributed by atoms with E-state index >= 15 is 0 Å². The summed E-state index contributed by atoms with van der Waals surface area (Å²) in [6, 6.07) is 0. The van der Waals surface area contributed by atoms with Crippen molar-refractivity contribution in [3.8, 4) is 0 Å². The number of hydrogen-bond acceptors (Lipinski definition) is 4. The van der Waals surface area contributed by atoms with Crippen molar-refractivity contribution in [3.05, 3.63) is 12.4 Å². The van der Waals surface area contributed by atoms with Crippen molar-refractivity contribution in [3.63, 3.8) is 0 Å². The summed E-state index contributed by atoms with van der Waals surface area (Å²) in [4.78, 5) is 0.244. The fourth-order valence-electron chi connectivity index (χ4n) is 1.55. The first-order valence-electron chi connectivity index (χ1n) is 6.06. The van der Waals surface area contributed by atoms with E-state index in [-0.39, 0.29) is 4.90 Å². The van der Waals surface area contributed by atoms with E-state index in [1.807, 2.05) is 6.26 Å². The molecule has 1 aromatic rings. The van der Waals surface area contributed by atoms with Crippen LogP contribution in [0.2, 0.25) is 0 Å². The zero-order chi connectivity index (χ0) is 14.3. The van der Waals surface area contributed by atoms with Crippen LogP contribution >= 0.6 is 23.4 Å². The molecule has 0 spiro atoms. The van der Waals surface area contributed by atoms with Gasteiger partial charge in [-0.1, -0.05) is 0 Å². The Morgan fingerprint density at radius 2 is 2.21 bits per heavy atom. The first-order chi connectivity index (χ1) is 9.02. The molecule has 1 aromatic heterocycles. The van der Waals surface area contributed by atoms with E-state index in [9.17, 15) is 8.42 Å². The molecule has 0 saturated carbocycles. The largest absolute Gasteiger partial charge is 0.271 e. The fraction of sp³-hybridized carbons (Fsp3) is 0.727. The third kappa shape index (κ3) is 4.98. The second kappa shape index (κ2) is 8.14. The molecular weight excluding hydrogens is 306 g/mol. The van der Waals surface area contributed by atoms with E-state index < -0.39 is 10.0 Å². The number of thioether (sulfide) groups is 1. The minimum absolute atomic E-state index is 0.244. The molecule has 8 heteroatoms. The molecule has 1 rings (SSSR count). The van der Waals surface area contributed by atoms with Crippen molar-refractivity contribution in [2.75, 3.05) is 31.5 Å². The highest BCUT2D eigenvalue weighted by molar-refractivity contribution is 7.98. The second-order valence-electron chi connectivity index (χ2n) is 4.15. The highest BCUT2D eigenvalue weighted by atomic mass is 35.5. The van der Waals surface area contributed by atoms with E-state index in [0.717, 1.165) is 18.6 Å². The van der Waals surface area contributed by atoms with Crippen molar-refractivity contribution in [1.82, 2.24) is 14.1 Å². The predicted molar refractivity (Wildman–Crippen MR) is 80.4 cm³/mol. The normalized spacial score (nSPS) is 12.2. The minimum Gasteiger partial charge on any atom is -0.271 e. The summed E-state index contributed by atoms with van der Waals surface area (Å²) >= 11 is 7.31. The van der Waals surface area contributed by atoms with Gasteiger partial charge in [0.2, 0.25) is 10.0 Å². The zero-order valence-electron chi connectivity index (χ0n) is 11.2. The molecule has 0 fully saturated rings. The van der Waals surface area contributed by atoms with Crippen LogP contribution in [0.3, 0.4) is 0 Å². The third-order valence-electron chi connectivity index (χ3n) is 2.66. The van der Waals surface area contributed by atoms with Gasteiger partial charge in [-0.05, 0) is 24.9 Å². The van der Waals surface area contributed by atoms with Gasteiger partial charge in [0.25, 0.3) is 0 Å². The molecule has 19 heavy (non-hydrogen) atoms. The first kappa shape index (κ1) is 16.8. The van der Waals surface area contributed by atoms with Gasteiger partial charge < -0.3 is 0 Å². The van der Waals surface area contributed by atoms with Crippen LogP contribution < -0.4 is 0 Å². The molecule has 0 radical (unpaired) electrons. The maximum Gasteiger partial charge on any atom is 0.245 e. The van der Waals surface area contributed by atoms with E-state index in [2.05, 4.69) is 5.10 Å². The lowest BCUT2D eigenvalue weighted by atomic mass is 10.5. The quantitative estimate of drug-likeness (QED) is 0.514. The van der Waals surface area contributed by atoms with Crippen molar-refractivity contribution < 1.29 is 8.42 Å². The molecule has 0 saturated heterocycles. The van der Waals surface area contributed by atoms with Crippen LogP contribution in [0.1, 0.15) is 12.8 Å². The van der Waals surface area contributed by atoms with E-state index in [1.165, 1.54) is 10.5 Å². The zero-order valence-corrected chi connectivity index (χ0v) is 13.6. The fourth-order valence-corrected chi connectivity index (χ4v) is 3.26. The van der Waals surface area contributed by atoms with Crippen molar-refractivity contribution in [2.24, 2.45) is 0 Å². The van der Waals surface area contributed by atoms with Crippen LogP contribution in [0.4, 0.5) is 0 Å². The highest BCUT2D eigenvalue weighted by Crippen LogP contribution is 2.14. The van der Waals surface area contributed by atoms with Gasteiger partial charge in [-0.2, -0.15) is 16.9 Å². The van der Waals surface area contributed by atoms with Crippen molar-refractivity contribution >= 4 is 33.4 Å². The molecular formula is C11H20ClN3O2S2. The topological polar surface area (TPSA) is 55.2 Å². The van der Waals surface area contributed by atoms with Gasteiger partial charge >= 0.3 is 0 Å². The van der Waals surface area contributed by atoms with Crippen LogP contribution in [-0.2, 0) is 16.6 Å². The van der Waals surface area contributed by atoms with Gasteiger partial charge in [0.05, 0.1) is 6.20 Å². The van der Waals surface area contributed by atoms with Gasteiger partial charge in [0.1, 0.15) is 4.90 Å². The Morgan fingerprint density at radius 3 is 2.84 bits per heavy atom. The van der Waals surface area contributed by atoms with Gasteiger partial charge in [-0.3, -0.25) is 4.68 Å². The minimum atomic E-state index is -3.42. The van der Waals surface area contributed by atoms with Gasteiger partial charge in [0, 0.05) is 32.2 Å². The Bertz CT molecular complexity index is 476. The van der Waals surface area contributed by atoms with Gasteiger partial charge in [-0.15, -0.1) is 11.6 Å². The molecule has 0 aliphatic rings. The Labute approximate surface area is 124 Å². The summed E-state index contributed by atoms with van der Waals surface area (Å²) in [6.07, 6.45) is 6.58. The molecule has 0 unspecified atom stereocenters. The number of nitrogens with zero attached hydrogens (tertiary/aromatic N) is 3. The molecule has 0 aliphatic carbocycles. The highest BCUT2D eigenvalue weighted by Gasteiger charge is 2.21. The summed E-state index contributed by atoms with van der Waals surface area (Å²) < 4.78 is 27.5. The van der Waals surface area contributed by atoms with Crippen LogP contribution in [0.25, 0.3) is 0 Å². The lowest BCUT2D eigenvalue weighted by molar-refractivity contribution is 0.469. The van der Waals surface area contributed by atoms with Crippen LogP contribution in [0.15, 0.2) is 17.3 Å². The van der Waals surface area contributed by atoms with Crippen molar-refractivity contribution in [2.45, 2.75) is 24.3 Å². The summed E-state index contributed by atoms with van der Waals surface area (Å²) in [5, 5.41) is 4.05. The average molecular weight is 326 g/mol. The lowest BCUT2D eigenvalue weighted by Gasteiger charge is -2.15. The molecule has 110 valence electrons. The number of alkyl halides is 1. The Kier molecular flexibility index (Phi) is 7.20. The van der Waals surface area contributed by atoms with Crippen LogP contribution in [-0.4, -0.2) is 54.0 Å². The smallest absolute Gasteiger partial charge is 0.245 e. The summed E-state index contributed by atoms with van der Waals surface area (Å²) in [6.45, 7) is 1.16. The predicted octanol–water partition coefficient (Wildman–Crippen LogP) is 1.89. The molecule has 0 atom stereocenters. The maximum absolute atomic E-state index is 12.3. The Balaban J connectivity index is 2.68. The second-order valence-corrected chi connectivity index (χ2v) is 7.56. The van der Waals surface area contributed by atoms with Crippen LogP contribution in [0, 0.1) is 0 Å². The summed E-state index contributed by atoms with van der Waals surface area (Å²) in [5.74, 6) is 1.49. The van der Waals surface area contributed by atoms with Crippen LogP contribution in [0.5, 0.6) is 0 Å². The monoisotopic (exact) mass is 325 g/mol. The number of rotatable bonds is 9. The molecule has 0 aromatic carbocycles. The number of sulfonamides is 1.